The second kappa shape index (κ2) is 11.0. The highest BCUT2D eigenvalue weighted by Crippen LogP contribution is 2.38. The molecule has 0 aromatic heterocycles. The summed E-state index contributed by atoms with van der Waals surface area (Å²) >= 11 is 0. The lowest BCUT2D eigenvalue weighted by Gasteiger charge is -2.13. The Hall–Kier alpha value is -3.02. The summed E-state index contributed by atoms with van der Waals surface area (Å²) in [5.74, 6) is 0.933. The predicted octanol–water partition coefficient (Wildman–Crippen LogP) is 4.43. The Morgan fingerprint density at radius 3 is 2.11 bits per heavy atom. The van der Waals surface area contributed by atoms with Crippen LogP contribution in [-0.4, -0.2) is 32.9 Å². The van der Waals surface area contributed by atoms with Gasteiger partial charge in [0.05, 0.1) is 27.0 Å². The van der Waals surface area contributed by atoms with Crippen molar-refractivity contribution in [2.24, 2.45) is 5.10 Å². The Bertz CT molecular complexity index is 778. The fourth-order valence-corrected chi connectivity index (χ4v) is 2.83. The summed E-state index contributed by atoms with van der Waals surface area (Å²) in [7, 11) is 4.55. The van der Waals surface area contributed by atoms with Crippen LogP contribution in [0.4, 0.5) is 0 Å². The first-order valence-corrected chi connectivity index (χ1v) is 9.36. The molecule has 0 bridgehead atoms. The number of ether oxygens (including phenoxy) is 3. The first-order valence-electron chi connectivity index (χ1n) is 9.36. The number of methoxy groups -OCH3 is 3. The Balaban J connectivity index is 2.25. The van der Waals surface area contributed by atoms with Gasteiger partial charge in [0.2, 0.25) is 5.75 Å². The number of amides is 1. The molecule has 0 fully saturated rings. The monoisotopic (exact) mass is 384 g/mol. The maximum atomic E-state index is 12.7. The molecule has 2 rings (SSSR count). The van der Waals surface area contributed by atoms with Crippen LogP contribution < -0.4 is 19.6 Å². The minimum Gasteiger partial charge on any atom is -0.493 e. The highest BCUT2D eigenvalue weighted by molar-refractivity contribution is 6.02. The molecule has 6 nitrogen and oxygen atoms in total. The molecule has 6 heteroatoms. The van der Waals surface area contributed by atoms with E-state index in [0.29, 0.717) is 22.8 Å². The smallest absolute Gasteiger partial charge is 0.271 e. The average molecular weight is 384 g/mol. The molecule has 0 aliphatic heterocycles. The van der Waals surface area contributed by atoms with E-state index in [1.54, 1.807) is 12.1 Å². The predicted molar refractivity (Wildman–Crippen MR) is 111 cm³/mol. The normalized spacial score (nSPS) is 11.1. The fraction of sp³-hybridized carbons (Fsp3) is 0.364. The highest BCUT2D eigenvalue weighted by Gasteiger charge is 2.17. The van der Waals surface area contributed by atoms with Gasteiger partial charge in [-0.2, -0.15) is 5.10 Å². The molecule has 2 aromatic rings. The number of hydrazone groups is 1. The topological polar surface area (TPSA) is 69.2 Å². The van der Waals surface area contributed by atoms with Gasteiger partial charge in [0.15, 0.2) is 11.5 Å². The second-order valence-electron chi connectivity index (χ2n) is 6.24. The Kier molecular flexibility index (Phi) is 8.34. The van der Waals surface area contributed by atoms with Gasteiger partial charge in [-0.15, -0.1) is 0 Å². The molecule has 0 aliphatic carbocycles. The van der Waals surface area contributed by atoms with Crippen molar-refractivity contribution in [3.05, 3.63) is 53.6 Å². The number of hydrogen-bond acceptors (Lipinski definition) is 5. The van der Waals surface area contributed by atoms with E-state index in [0.717, 1.165) is 37.0 Å². The lowest BCUT2D eigenvalue weighted by molar-refractivity contribution is 0.0954. The van der Waals surface area contributed by atoms with Crippen molar-refractivity contribution in [2.75, 3.05) is 21.3 Å². The number of hydrogen-bond donors (Lipinski definition) is 1. The third-order valence-electron chi connectivity index (χ3n) is 4.34. The standard InChI is InChI=1S/C22H28N2O4/c1-5-6-8-13-18(16-11-9-7-10-12-16)23-24-22(25)17-14-19(26-2)21(28-4)20(15-17)27-3/h7,9-12,14-15H,5-6,8,13H2,1-4H3,(H,24,25)/b23-18-. The van der Waals surface area contributed by atoms with Crippen molar-refractivity contribution in [3.8, 4) is 17.2 Å². The van der Waals surface area contributed by atoms with E-state index in [2.05, 4.69) is 17.5 Å². The van der Waals surface area contributed by atoms with Crippen LogP contribution in [-0.2, 0) is 0 Å². The molecule has 0 spiro atoms. The van der Waals surface area contributed by atoms with Gasteiger partial charge >= 0.3 is 0 Å². The Morgan fingerprint density at radius 1 is 0.929 bits per heavy atom. The largest absolute Gasteiger partial charge is 0.493 e. The van der Waals surface area contributed by atoms with Gasteiger partial charge in [0, 0.05) is 5.56 Å². The molecular weight excluding hydrogens is 356 g/mol. The van der Waals surface area contributed by atoms with Crippen molar-refractivity contribution in [2.45, 2.75) is 32.6 Å². The van der Waals surface area contributed by atoms with Gasteiger partial charge in [-0.05, 0) is 30.5 Å². The van der Waals surface area contributed by atoms with Gasteiger partial charge in [0.1, 0.15) is 0 Å². The number of nitrogens with one attached hydrogen (secondary N) is 1. The van der Waals surface area contributed by atoms with Crippen molar-refractivity contribution in [1.29, 1.82) is 0 Å². The Morgan fingerprint density at radius 2 is 1.57 bits per heavy atom. The van der Waals surface area contributed by atoms with Crippen LogP contribution in [0.1, 0.15) is 48.5 Å². The highest BCUT2D eigenvalue weighted by atomic mass is 16.5. The number of rotatable bonds is 10. The molecule has 1 amide bonds. The molecule has 0 radical (unpaired) electrons. The number of carbonyl (C=O) groups is 1. The molecule has 0 unspecified atom stereocenters. The summed E-state index contributed by atoms with van der Waals surface area (Å²) in [5.41, 5.74) is 4.90. The molecule has 1 N–H and O–H groups in total. The van der Waals surface area contributed by atoms with E-state index >= 15 is 0 Å². The van der Waals surface area contributed by atoms with Gasteiger partial charge < -0.3 is 14.2 Å². The van der Waals surface area contributed by atoms with Crippen LogP contribution in [0, 0.1) is 0 Å². The number of unbranched alkanes of at least 4 members (excludes halogenated alkanes) is 2. The van der Waals surface area contributed by atoms with Gasteiger partial charge in [-0.1, -0.05) is 50.1 Å². The molecule has 0 atom stereocenters. The van der Waals surface area contributed by atoms with E-state index in [9.17, 15) is 4.79 Å². The van der Waals surface area contributed by atoms with E-state index < -0.39 is 0 Å². The molecule has 28 heavy (non-hydrogen) atoms. The summed E-state index contributed by atoms with van der Waals surface area (Å²) < 4.78 is 15.9. The summed E-state index contributed by atoms with van der Waals surface area (Å²) in [6.07, 6.45) is 4.06. The van der Waals surface area contributed by atoms with Crippen LogP contribution in [0.25, 0.3) is 0 Å². The maximum Gasteiger partial charge on any atom is 0.271 e. The van der Waals surface area contributed by atoms with Crippen LogP contribution in [0.3, 0.4) is 0 Å². The molecule has 0 saturated carbocycles. The van der Waals surface area contributed by atoms with Gasteiger partial charge in [-0.3, -0.25) is 4.79 Å². The summed E-state index contributed by atoms with van der Waals surface area (Å²) in [6.45, 7) is 2.16. The van der Waals surface area contributed by atoms with Crippen molar-refractivity contribution >= 4 is 11.6 Å². The number of nitrogens with zero attached hydrogens (tertiary/aromatic N) is 1. The van der Waals surface area contributed by atoms with Crippen LogP contribution in [0.15, 0.2) is 47.6 Å². The minimum absolute atomic E-state index is 0.344. The first kappa shape index (κ1) is 21.3. The zero-order valence-electron chi connectivity index (χ0n) is 17.0. The molecule has 0 heterocycles. The Labute approximate surface area is 166 Å². The molecule has 2 aromatic carbocycles. The molecule has 150 valence electrons. The third-order valence-corrected chi connectivity index (χ3v) is 4.34. The maximum absolute atomic E-state index is 12.7. The quantitative estimate of drug-likeness (QED) is 0.374. The third kappa shape index (κ3) is 5.49. The van der Waals surface area contributed by atoms with Gasteiger partial charge in [0.25, 0.3) is 5.91 Å². The fourth-order valence-electron chi connectivity index (χ4n) is 2.83. The van der Waals surface area contributed by atoms with Crippen LogP contribution in [0.2, 0.25) is 0 Å². The molecule has 0 saturated heterocycles. The SMILES string of the molecule is CCCCC/C(=N/NC(=O)c1cc(OC)c(OC)c(OC)c1)c1ccccc1. The lowest BCUT2D eigenvalue weighted by atomic mass is 10.0. The minimum atomic E-state index is -0.344. The zero-order valence-corrected chi connectivity index (χ0v) is 17.0. The van der Waals surface area contributed by atoms with Crippen molar-refractivity contribution in [1.82, 2.24) is 5.43 Å². The van der Waals surface area contributed by atoms with Crippen LogP contribution >= 0.6 is 0 Å². The summed E-state index contributed by atoms with van der Waals surface area (Å²) in [6, 6.07) is 13.1. The average Bonchev–Trinajstić information content (AvgIpc) is 2.75. The lowest BCUT2D eigenvalue weighted by Crippen LogP contribution is -2.20. The van der Waals surface area contributed by atoms with E-state index in [1.807, 2.05) is 30.3 Å². The van der Waals surface area contributed by atoms with Crippen molar-refractivity contribution in [3.63, 3.8) is 0 Å². The number of benzene rings is 2. The second-order valence-corrected chi connectivity index (χ2v) is 6.24. The van der Waals surface area contributed by atoms with Crippen molar-refractivity contribution < 1.29 is 19.0 Å². The zero-order chi connectivity index (χ0) is 20.4. The summed E-state index contributed by atoms with van der Waals surface area (Å²) in [4.78, 5) is 12.7. The number of carbonyl (C=O) groups excluding carboxylic acids is 1. The summed E-state index contributed by atoms with van der Waals surface area (Å²) in [5, 5.41) is 4.40. The van der Waals surface area contributed by atoms with E-state index in [4.69, 9.17) is 14.2 Å². The first-order chi connectivity index (χ1) is 13.6. The van der Waals surface area contributed by atoms with E-state index in [-0.39, 0.29) is 5.91 Å². The molecular formula is C22H28N2O4. The molecule has 0 aliphatic rings. The van der Waals surface area contributed by atoms with Crippen LogP contribution in [0.5, 0.6) is 17.2 Å². The van der Waals surface area contributed by atoms with Gasteiger partial charge in [-0.25, -0.2) is 5.43 Å². The van der Waals surface area contributed by atoms with E-state index in [1.165, 1.54) is 21.3 Å².